The fourth-order valence-corrected chi connectivity index (χ4v) is 1.85. The molecule has 1 aromatic heterocycles. The van der Waals surface area contributed by atoms with Crippen LogP contribution in [0.2, 0.25) is 0 Å². The number of hydrogen-bond donors (Lipinski definition) is 1. The minimum Gasteiger partial charge on any atom is -0.463 e. The number of aliphatic hydroxyl groups excluding tert-OH is 1. The quantitative estimate of drug-likeness (QED) is 0.764. The Kier molecular flexibility index (Phi) is 3.26. The van der Waals surface area contributed by atoms with E-state index in [-0.39, 0.29) is 11.9 Å². The van der Waals surface area contributed by atoms with Crippen LogP contribution in [0.4, 0.5) is 0 Å². The highest BCUT2D eigenvalue weighted by Gasteiger charge is 2.21. The number of nitrogens with zero attached hydrogens (tertiary/aromatic N) is 1. The number of β-amino-alcohol motifs (C(OH)–C–C–N with tert-alkyl or cyclic N) is 1. The van der Waals surface area contributed by atoms with Gasteiger partial charge in [-0.2, -0.15) is 0 Å². The summed E-state index contributed by atoms with van der Waals surface area (Å²) in [6.07, 6.45) is 0.555. The van der Waals surface area contributed by atoms with E-state index in [1.54, 1.807) is 12.1 Å². The van der Waals surface area contributed by atoms with Crippen LogP contribution in [0.15, 0.2) is 16.5 Å². The molecule has 1 aromatic rings. The minimum atomic E-state index is -0.465. The number of hydrogen-bond acceptors (Lipinski definition) is 5. The third-order valence-electron chi connectivity index (χ3n) is 2.68. The SMILES string of the molecule is COC(=O)c1ccc(CN2CC[C@H](O)C2)o1. The van der Waals surface area contributed by atoms with E-state index in [1.807, 2.05) is 0 Å². The number of carbonyl (C=O) groups excluding carboxylic acids is 1. The minimum absolute atomic E-state index is 0.220. The maximum atomic E-state index is 11.1. The molecule has 1 fully saturated rings. The highest BCUT2D eigenvalue weighted by Crippen LogP contribution is 2.15. The van der Waals surface area contributed by atoms with Gasteiger partial charge in [0.15, 0.2) is 0 Å². The first kappa shape index (κ1) is 11.2. The summed E-state index contributed by atoms with van der Waals surface area (Å²) in [6, 6.07) is 3.37. The van der Waals surface area contributed by atoms with E-state index >= 15 is 0 Å². The number of ether oxygens (including phenoxy) is 1. The van der Waals surface area contributed by atoms with Gasteiger partial charge in [-0.1, -0.05) is 0 Å². The van der Waals surface area contributed by atoms with Crippen molar-refractivity contribution in [1.82, 2.24) is 4.90 Å². The van der Waals surface area contributed by atoms with Crippen molar-refractivity contribution in [2.24, 2.45) is 0 Å². The third-order valence-corrected chi connectivity index (χ3v) is 2.68. The van der Waals surface area contributed by atoms with E-state index in [1.165, 1.54) is 7.11 Å². The summed E-state index contributed by atoms with van der Waals surface area (Å²) in [4.78, 5) is 13.2. The summed E-state index contributed by atoms with van der Waals surface area (Å²) in [5.74, 6) is 0.472. The molecule has 0 spiro atoms. The maximum absolute atomic E-state index is 11.1. The standard InChI is InChI=1S/C11H15NO4/c1-15-11(14)10-3-2-9(16-10)7-12-5-4-8(13)6-12/h2-3,8,13H,4-7H2,1H3/t8-/m0/s1. The first-order valence-electron chi connectivity index (χ1n) is 5.26. The fraction of sp³-hybridized carbons (Fsp3) is 0.545. The zero-order valence-corrected chi connectivity index (χ0v) is 9.18. The molecule has 5 nitrogen and oxygen atoms in total. The topological polar surface area (TPSA) is 62.9 Å². The Morgan fingerprint density at radius 3 is 3.12 bits per heavy atom. The molecule has 2 rings (SSSR count). The number of methoxy groups -OCH3 is 1. The summed E-state index contributed by atoms with van der Waals surface area (Å²) >= 11 is 0. The second kappa shape index (κ2) is 4.67. The molecule has 1 atom stereocenters. The molecule has 5 heteroatoms. The number of furan rings is 1. The molecule has 0 saturated carbocycles. The van der Waals surface area contributed by atoms with Crippen LogP contribution in [0.3, 0.4) is 0 Å². The Hall–Kier alpha value is -1.33. The van der Waals surface area contributed by atoms with Crippen molar-refractivity contribution >= 4 is 5.97 Å². The molecule has 0 amide bonds. The first-order chi connectivity index (χ1) is 7.69. The summed E-state index contributed by atoms with van der Waals surface area (Å²) in [6.45, 7) is 2.14. The van der Waals surface area contributed by atoms with E-state index in [0.29, 0.717) is 13.1 Å². The van der Waals surface area contributed by atoms with Crippen LogP contribution in [-0.2, 0) is 11.3 Å². The lowest BCUT2D eigenvalue weighted by molar-refractivity contribution is 0.0561. The van der Waals surface area contributed by atoms with Crippen LogP contribution >= 0.6 is 0 Å². The smallest absolute Gasteiger partial charge is 0.373 e. The normalized spacial score (nSPS) is 21.2. The molecule has 0 unspecified atom stereocenters. The number of aliphatic hydroxyl groups is 1. The van der Waals surface area contributed by atoms with Crippen molar-refractivity contribution < 1.29 is 19.1 Å². The van der Waals surface area contributed by atoms with E-state index < -0.39 is 5.97 Å². The summed E-state index contributed by atoms with van der Waals surface area (Å²) in [5, 5.41) is 9.36. The maximum Gasteiger partial charge on any atom is 0.373 e. The van der Waals surface area contributed by atoms with Crippen LogP contribution in [0.1, 0.15) is 22.7 Å². The van der Waals surface area contributed by atoms with Gasteiger partial charge >= 0.3 is 5.97 Å². The van der Waals surface area contributed by atoms with Gasteiger partial charge in [0.25, 0.3) is 0 Å². The molecule has 0 aliphatic carbocycles. The predicted octanol–water partition coefficient (Wildman–Crippen LogP) is 0.633. The van der Waals surface area contributed by atoms with Gasteiger partial charge in [-0.15, -0.1) is 0 Å². The number of rotatable bonds is 3. The summed E-state index contributed by atoms with van der Waals surface area (Å²) in [5.41, 5.74) is 0. The zero-order valence-electron chi connectivity index (χ0n) is 9.18. The monoisotopic (exact) mass is 225 g/mol. The van der Waals surface area contributed by atoms with Gasteiger partial charge in [0.05, 0.1) is 19.8 Å². The highest BCUT2D eigenvalue weighted by molar-refractivity contribution is 5.86. The lowest BCUT2D eigenvalue weighted by Crippen LogP contribution is -2.21. The summed E-state index contributed by atoms with van der Waals surface area (Å²) < 4.78 is 9.89. The Balaban J connectivity index is 1.95. The second-order valence-electron chi connectivity index (χ2n) is 3.94. The fourth-order valence-electron chi connectivity index (χ4n) is 1.85. The van der Waals surface area contributed by atoms with Gasteiger partial charge in [0.2, 0.25) is 5.76 Å². The number of carbonyl (C=O) groups is 1. The number of likely N-dealkylation sites (tertiary alicyclic amines) is 1. The van der Waals surface area contributed by atoms with Crippen molar-refractivity contribution in [3.63, 3.8) is 0 Å². The van der Waals surface area contributed by atoms with Crippen molar-refractivity contribution in [3.05, 3.63) is 23.7 Å². The van der Waals surface area contributed by atoms with Crippen molar-refractivity contribution in [2.45, 2.75) is 19.1 Å². The molecule has 88 valence electrons. The van der Waals surface area contributed by atoms with Gasteiger partial charge in [0, 0.05) is 13.1 Å². The largest absolute Gasteiger partial charge is 0.463 e. The summed E-state index contributed by atoms with van der Waals surface area (Å²) in [7, 11) is 1.32. The zero-order chi connectivity index (χ0) is 11.5. The van der Waals surface area contributed by atoms with Crippen LogP contribution in [0, 0.1) is 0 Å². The second-order valence-corrected chi connectivity index (χ2v) is 3.94. The van der Waals surface area contributed by atoms with Crippen LogP contribution in [0.25, 0.3) is 0 Å². The molecule has 2 heterocycles. The molecule has 1 aliphatic heterocycles. The molecule has 1 N–H and O–H groups in total. The van der Waals surface area contributed by atoms with Crippen molar-refractivity contribution in [3.8, 4) is 0 Å². The van der Waals surface area contributed by atoms with Gasteiger partial charge in [-0.3, -0.25) is 4.90 Å². The Labute approximate surface area is 93.6 Å². The van der Waals surface area contributed by atoms with E-state index in [9.17, 15) is 9.90 Å². The average Bonchev–Trinajstić information content (AvgIpc) is 2.87. The molecule has 0 radical (unpaired) electrons. The van der Waals surface area contributed by atoms with Gasteiger partial charge in [-0.25, -0.2) is 4.79 Å². The lowest BCUT2D eigenvalue weighted by Gasteiger charge is -2.12. The molecule has 1 saturated heterocycles. The van der Waals surface area contributed by atoms with Gasteiger partial charge in [0.1, 0.15) is 5.76 Å². The first-order valence-corrected chi connectivity index (χ1v) is 5.26. The molecule has 0 bridgehead atoms. The molecular formula is C11H15NO4. The lowest BCUT2D eigenvalue weighted by atomic mass is 10.3. The van der Waals surface area contributed by atoms with Gasteiger partial charge in [-0.05, 0) is 18.6 Å². The van der Waals surface area contributed by atoms with Crippen molar-refractivity contribution in [2.75, 3.05) is 20.2 Å². The Morgan fingerprint density at radius 2 is 2.50 bits per heavy atom. The molecule has 16 heavy (non-hydrogen) atoms. The van der Waals surface area contributed by atoms with Crippen LogP contribution < -0.4 is 0 Å². The Bertz CT molecular complexity index is 374. The van der Waals surface area contributed by atoms with Crippen LogP contribution in [-0.4, -0.2) is 42.3 Å². The molecular weight excluding hydrogens is 210 g/mol. The van der Waals surface area contributed by atoms with Gasteiger partial charge < -0.3 is 14.3 Å². The molecule has 0 aromatic carbocycles. The van der Waals surface area contributed by atoms with E-state index in [2.05, 4.69) is 9.64 Å². The number of esters is 1. The highest BCUT2D eigenvalue weighted by atomic mass is 16.5. The predicted molar refractivity (Wildman–Crippen MR) is 55.9 cm³/mol. The Morgan fingerprint density at radius 1 is 1.69 bits per heavy atom. The van der Waals surface area contributed by atoms with E-state index in [4.69, 9.17) is 4.42 Å². The average molecular weight is 225 g/mol. The third kappa shape index (κ3) is 2.43. The van der Waals surface area contributed by atoms with E-state index in [0.717, 1.165) is 18.7 Å². The van der Waals surface area contributed by atoms with Crippen LogP contribution in [0.5, 0.6) is 0 Å². The van der Waals surface area contributed by atoms with Crippen molar-refractivity contribution in [1.29, 1.82) is 0 Å². The molecule has 1 aliphatic rings.